The average molecular weight is 324 g/mol. The zero-order valence-electron chi connectivity index (χ0n) is 13.4. The summed E-state index contributed by atoms with van der Waals surface area (Å²) in [4.78, 5) is 35.2. The summed E-state index contributed by atoms with van der Waals surface area (Å²) >= 11 is 0. The first-order valence-electron chi connectivity index (χ1n) is 7.27. The van der Waals surface area contributed by atoms with Gasteiger partial charge in [-0.25, -0.2) is 9.18 Å². The van der Waals surface area contributed by atoms with Crippen LogP contribution < -0.4 is 10.6 Å². The van der Waals surface area contributed by atoms with Crippen LogP contribution in [0.5, 0.6) is 0 Å². The number of benzene rings is 1. The summed E-state index contributed by atoms with van der Waals surface area (Å²) in [5.74, 6) is -1.81. The van der Waals surface area contributed by atoms with E-state index in [1.54, 1.807) is 6.92 Å². The number of rotatable bonds is 7. The molecule has 0 spiro atoms. The van der Waals surface area contributed by atoms with Crippen molar-refractivity contribution in [2.24, 2.45) is 0 Å². The monoisotopic (exact) mass is 324 g/mol. The fraction of sp³-hybridized carbons (Fsp3) is 0.438. The number of hydrogen-bond donors (Lipinski definition) is 2. The molecule has 0 aromatic heterocycles. The molecule has 0 saturated carbocycles. The summed E-state index contributed by atoms with van der Waals surface area (Å²) in [5, 5.41) is 5.08. The Morgan fingerprint density at radius 1 is 1.13 bits per heavy atom. The molecule has 0 unspecified atom stereocenters. The Hall–Kier alpha value is -2.44. The number of hydrogen-bond acceptors (Lipinski definition) is 4. The van der Waals surface area contributed by atoms with Gasteiger partial charge in [-0.1, -0.05) is 19.1 Å². The minimum atomic E-state index is -0.864. The van der Waals surface area contributed by atoms with Gasteiger partial charge < -0.3 is 15.4 Å². The van der Waals surface area contributed by atoms with E-state index in [9.17, 15) is 18.8 Å². The van der Waals surface area contributed by atoms with Crippen LogP contribution in [0.4, 0.5) is 4.39 Å². The number of methoxy groups -OCH3 is 1. The van der Waals surface area contributed by atoms with Crippen molar-refractivity contribution in [2.75, 3.05) is 7.11 Å². The molecule has 0 aliphatic rings. The van der Waals surface area contributed by atoms with Gasteiger partial charge in [-0.05, 0) is 24.1 Å². The van der Waals surface area contributed by atoms with Crippen LogP contribution in [0.2, 0.25) is 0 Å². The lowest BCUT2D eigenvalue weighted by molar-refractivity contribution is -0.145. The minimum Gasteiger partial charge on any atom is -0.467 e. The standard InChI is InChI=1S/C16H21FN2O4/c1-4-13(16(22)23-3)19-15(21)14(18-10(2)20)9-11-5-7-12(17)8-6-11/h5-8,13-14H,4,9H2,1-3H3,(H,18,20)(H,19,21)/t13-,14+/m1/s1. The molecule has 2 N–H and O–H groups in total. The normalized spacial score (nSPS) is 12.9. The molecule has 1 aromatic carbocycles. The molecular weight excluding hydrogens is 303 g/mol. The highest BCUT2D eigenvalue weighted by molar-refractivity contribution is 5.90. The minimum absolute atomic E-state index is 0.184. The van der Waals surface area contributed by atoms with Crippen LogP contribution >= 0.6 is 0 Å². The fourth-order valence-corrected chi connectivity index (χ4v) is 2.05. The summed E-state index contributed by atoms with van der Waals surface area (Å²) in [7, 11) is 1.24. The molecule has 7 heteroatoms. The topological polar surface area (TPSA) is 84.5 Å². The molecular formula is C16H21FN2O4. The molecule has 0 saturated heterocycles. The first kappa shape index (κ1) is 18.6. The first-order valence-corrected chi connectivity index (χ1v) is 7.27. The smallest absolute Gasteiger partial charge is 0.328 e. The Balaban J connectivity index is 2.83. The molecule has 126 valence electrons. The van der Waals surface area contributed by atoms with Crippen molar-refractivity contribution in [1.82, 2.24) is 10.6 Å². The summed E-state index contributed by atoms with van der Waals surface area (Å²) in [6.45, 7) is 3.03. The maximum Gasteiger partial charge on any atom is 0.328 e. The highest BCUT2D eigenvalue weighted by Gasteiger charge is 2.25. The Kier molecular flexibility index (Phi) is 7.18. The summed E-state index contributed by atoms with van der Waals surface area (Å²) < 4.78 is 17.6. The summed E-state index contributed by atoms with van der Waals surface area (Å²) in [6.07, 6.45) is 0.547. The van der Waals surface area contributed by atoms with Crippen LogP contribution in [-0.4, -0.2) is 37.0 Å². The van der Waals surface area contributed by atoms with E-state index < -0.39 is 24.0 Å². The second-order valence-corrected chi connectivity index (χ2v) is 5.08. The van der Waals surface area contributed by atoms with E-state index in [0.717, 1.165) is 0 Å². The van der Waals surface area contributed by atoms with Crippen molar-refractivity contribution in [3.05, 3.63) is 35.6 Å². The van der Waals surface area contributed by atoms with Crippen LogP contribution in [0.15, 0.2) is 24.3 Å². The average Bonchev–Trinajstić information content (AvgIpc) is 2.52. The number of carbonyl (C=O) groups excluding carboxylic acids is 3. The molecule has 0 heterocycles. The van der Waals surface area contributed by atoms with E-state index >= 15 is 0 Å². The third-order valence-electron chi connectivity index (χ3n) is 3.26. The van der Waals surface area contributed by atoms with Crippen LogP contribution in [0, 0.1) is 5.82 Å². The van der Waals surface area contributed by atoms with Gasteiger partial charge in [-0.2, -0.15) is 0 Å². The zero-order chi connectivity index (χ0) is 17.4. The van der Waals surface area contributed by atoms with E-state index in [2.05, 4.69) is 15.4 Å². The van der Waals surface area contributed by atoms with Crippen molar-refractivity contribution in [3.63, 3.8) is 0 Å². The van der Waals surface area contributed by atoms with Crippen LogP contribution in [0.3, 0.4) is 0 Å². The van der Waals surface area contributed by atoms with E-state index in [1.165, 1.54) is 38.3 Å². The number of halogens is 1. The van der Waals surface area contributed by atoms with Gasteiger partial charge in [0.15, 0.2) is 0 Å². The largest absolute Gasteiger partial charge is 0.467 e. The van der Waals surface area contributed by atoms with Crippen LogP contribution in [0.25, 0.3) is 0 Å². The van der Waals surface area contributed by atoms with E-state index in [-0.39, 0.29) is 18.1 Å². The van der Waals surface area contributed by atoms with Gasteiger partial charge in [0.1, 0.15) is 17.9 Å². The quantitative estimate of drug-likeness (QED) is 0.731. The maximum absolute atomic E-state index is 12.9. The van der Waals surface area contributed by atoms with E-state index in [1.807, 2.05) is 0 Å². The lowest BCUT2D eigenvalue weighted by Gasteiger charge is -2.21. The van der Waals surface area contributed by atoms with Crippen molar-refractivity contribution in [1.29, 1.82) is 0 Å². The highest BCUT2D eigenvalue weighted by Crippen LogP contribution is 2.07. The zero-order valence-corrected chi connectivity index (χ0v) is 13.4. The number of carbonyl (C=O) groups is 3. The number of esters is 1. The number of ether oxygens (including phenoxy) is 1. The Morgan fingerprint density at radius 2 is 1.74 bits per heavy atom. The molecule has 2 atom stereocenters. The van der Waals surface area contributed by atoms with Gasteiger partial charge >= 0.3 is 5.97 Å². The molecule has 6 nitrogen and oxygen atoms in total. The van der Waals surface area contributed by atoms with Gasteiger partial charge in [-0.15, -0.1) is 0 Å². The second kappa shape index (κ2) is 8.87. The predicted octanol–water partition coefficient (Wildman–Crippen LogP) is 0.941. The van der Waals surface area contributed by atoms with E-state index in [4.69, 9.17) is 0 Å². The third-order valence-corrected chi connectivity index (χ3v) is 3.26. The van der Waals surface area contributed by atoms with Gasteiger partial charge in [0, 0.05) is 13.3 Å². The lowest BCUT2D eigenvalue weighted by Crippen LogP contribution is -2.52. The predicted molar refractivity (Wildman–Crippen MR) is 81.9 cm³/mol. The molecule has 23 heavy (non-hydrogen) atoms. The second-order valence-electron chi connectivity index (χ2n) is 5.08. The molecule has 0 radical (unpaired) electrons. The molecule has 1 aromatic rings. The van der Waals surface area contributed by atoms with Crippen LogP contribution in [0.1, 0.15) is 25.8 Å². The van der Waals surface area contributed by atoms with Gasteiger partial charge in [0.05, 0.1) is 7.11 Å². The summed E-state index contributed by atoms with van der Waals surface area (Å²) in [6, 6.07) is 3.99. The Bertz CT molecular complexity index is 560. The summed E-state index contributed by atoms with van der Waals surface area (Å²) in [5.41, 5.74) is 0.686. The van der Waals surface area contributed by atoms with Crippen molar-refractivity contribution >= 4 is 17.8 Å². The van der Waals surface area contributed by atoms with Crippen molar-refractivity contribution in [3.8, 4) is 0 Å². The van der Waals surface area contributed by atoms with Crippen LogP contribution in [-0.2, 0) is 25.5 Å². The molecule has 0 aliphatic heterocycles. The highest BCUT2D eigenvalue weighted by atomic mass is 19.1. The Labute approximate surface area is 134 Å². The molecule has 0 fully saturated rings. The number of amides is 2. The SMILES string of the molecule is CC[C@@H](NC(=O)[C@H](Cc1ccc(F)cc1)NC(C)=O)C(=O)OC. The third kappa shape index (κ3) is 6.06. The molecule has 0 aliphatic carbocycles. The van der Waals surface area contributed by atoms with Gasteiger partial charge in [0.2, 0.25) is 11.8 Å². The molecule has 1 rings (SSSR count). The van der Waals surface area contributed by atoms with Gasteiger partial charge in [-0.3, -0.25) is 9.59 Å². The first-order chi connectivity index (χ1) is 10.9. The maximum atomic E-state index is 12.9. The number of nitrogens with one attached hydrogen (secondary N) is 2. The van der Waals surface area contributed by atoms with Crippen molar-refractivity contribution in [2.45, 2.75) is 38.8 Å². The van der Waals surface area contributed by atoms with E-state index in [0.29, 0.717) is 12.0 Å². The Morgan fingerprint density at radius 3 is 2.22 bits per heavy atom. The fourth-order valence-electron chi connectivity index (χ4n) is 2.05. The molecule has 0 bridgehead atoms. The lowest BCUT2D eigenvalue weighted by atomic mass is 10.0. The van der Waals surface area contributed by atoms with Crippen molar-refractivity contribution < 1.29 is 23.5 Å². The molecule has 2 amide bonds. The van der Waals surface area contributed by atoms with Gasteiger partial charge in [0.25, 0.3) is 0 Å².